The average Bonchev–Trinajstić information content (AvgIpc) is 2.43. The van der Waals surface area contributed by atoms with E-state index in [9.17, 15) is 0 Å². The summed E-state index contributed by atoms with van der Waals surface area (Å²) in [7, 11) is 0. The van der Waals surface area contributed by atoms with Crippen LogP contribution in [0, 0.1) is 0 Å². The lowest BCUT2D eigenvalue weighted by Crippen LogP contribution is -2.38. The molecular weight excluding hydrogens is 273 g/mol. The van der Waals surface area contributed by atoms with Gasteiger partial charge in [-0.2, -0.15) is 0 Å². The highest BCUT2D eigenvalue weighted by Gasteiger charge is 2.25. The molecule has 17 heavy (non-hydrogen) atoms. The Morgan fingerprint density at radius 1 is 1.18 bits per heavy atom. The van der Waals surface area contributed by atoms with E-state index in [1.165, 1.54) is 11.3 Å². The van der Waals surface area contributed by atoms with Crippen molar-refractivity contribution in [2.75, 3.05) is 6.54 Å². The van der Waals surface area contributed by atoms with E-state index in [2.05, 4.69) is 39.9 Å². The third kappa shape index (κ3) is 4.78. The van der Waals surface area contributed by atoms with Gasteiger partial charge in [-0.1, -0.05) is 37.0 Å². The molecule has 1 aromatic rings. The maximum absolute atomic E-state index is 6.21. The van der Waals surface area contributed by atoms with Crippen LogP contribution in [0.2, 0.25) is 8.67 Å². The first-order chi connectivity index (χ1) is 7.62. The summed E-state index contributed by atoms with van der Waals surface area (Å²) in [6, 6.07) is 1.99. The smallest absolute Gasteiger partial charge is 0.0981 e. The summed E-state index contributed by atoms with van der Waals surface area (Å²) in [4.78, 5) is 0. The molecule has 0 amide bonds. The van der Waals surface area contributed by atoms with Crippen molar-refractivity contribution in [3.63, 3.8) is 0 Å². The molecule has 0 saturated heterocycles. The Balaban J connectivity index is 2.66. The maximum atomic E-state index is 6.21. The van der Waals surface area contributed by atoms with Gasteiger partial charge >= 0.3 is 0 Å². The summed E-state index contributed by atoms with van der Waals surface area (Å²) >= 11 is 13.7. The third-order valence-electron chi connectivity index (χ3n) is 2.79. The van der Waals surface area contributed by atoms with Crippen LogP contribution in [-0.2, 0) is 5.41 Å². The fraction of sp³-hybridized carbons (Fsp3) is 0.692. The Kier molecular flexibility index (Phi) is 4.93. The average molecular weight is 294 g/mol. The van der Waals surface area contributed by atoms with Gasteiger partial charge in [-0.25, -0.2) is 0 Å². The van der Waals surface area contributed by atoms with Crippen molar-refractivity contribution in [2.24, 2.45) is 0 Å². The molecule has 0 aliphatic carbocycles. The van der Waals surface area contributed by atoms with Crippen molar-refractivity contribution in [1.29, 1.82) is 0 Å². The molecule has 0 unspecified atom stereocenters. The molecule has 1 nitrogen and oxygen atoms in total. The van der Waals surface area contributed by atoms with Gasteiger partial charge < -0.3 is 5.32 Å². The predicted molar refractivity (Wildman–Crippen MR) is 79.7 cm³/mol. The molecule has 0 spiro atoms. The van der Waals surface area contributed by atoms with Crippen LogP contribution in [0.15, 0.2) is 6.07 Å². The van der Waals surface area contributed by atoms with Gasteiger partial charge in [0, 0.05) is 5.54 Å². The number of thiophene rings is 1. The zero-order chi connectivity index (χ0) is 13.3. The van der Waals surface area contributed by atoms with Crippen LogP contribution in [0.25, 0.3) is 0 Å². The van der Waals surface area contributed by atoms with Gasteiger partial charge in [0.15, 0.2) is 0 Å². The van der Waals surface area contributed by atoms with E-state index >= 15 is 0 Å². The van der Waals surface area contributed by atoms with Crippen molar-refractivity contribution in [1.82, 2.24) is 5.32 Å². The van der Waals surface area contributed by atoms with E-state index in [1.54, 1.807) is 0 Å². The largest absolute Gasteiger partial charge is 0.312 e. The number of halogens is 2. The molecule has 0 bridgehead atoms. The van der Waals surface area contributed by atoms with E-state index in [1.807, 2.05) is 6.07 Å². The van der Waals surface area contributed by atoms with Gasteiger partial charge in [0.1, 0.15) is 0 Å². The molecule has 0 atom stereocenters. The highest BCUT2D eigenvalue weighted by Crippen LogP contribution is 2.40. The lowest BCUT2D eigenvalue weighted by atomic mass is 9.83. The van der Waals surface area contributed by atoms with Crippen molar-refractivity contribution < 1.29 is 0 Å². The predicted octanol–water partition coefficient (Wildman–Crippen LogP) is 5.11. The van der Waals surface area contributed by atoms with Crippen LogP contribution in [0.1, 0.15) is 46.6 Å². The van der Waals surface area contributed by atoms with Crippen molar-refractivity contribution in [2.45, 2.75) is 52.0 Å². The van der Waals surface area contributed by atoms with Crippen LogP contribution in [0.5, 0.6) is 0 Å². The Morgan fingerprint density at radius 2 is 1.76 bits per heavy atom. The Hall–Kier alpha value is 0.240. The summed E-state index contributed by atoms with van der Waals surface area (Å²) in [5, 5.41) is 3.50. The molecule has 0 saturated carbocycles. The van der Waals surface area contributed by atoms with Gasteiger partial charge in [0.2, 0.25) is 0 Å². The van der Waals surface area contributed by atoms with Gasteiger partial charge in [-0.05, 0) is 50.8 Å². The second kappa shape index (κ2) is 5.48. The van der Waals surface area contributed by atoms with Crippen LogP contribution in [0.3, 0.4) is 0 Å². The van der Waals surface area contributed by atoms with E-state index in [-0.39, 0.29) is 11.0 Å². The molecular formula is C13H21Cl2NS. The number of hydrogen-bond acceptors (Lipinski definition) is 2. The minimum Gasteiger partial charge on any atom is -0.312 e. The maximum Gasteiger partial charge on any atom is 0.0981 e. The Morgan fingerprint density at radius 3 is 2.18 bits per heavy atom. The summed E-state index contributed by atoms with van der Waals surface area (Å²) < 4.78 is 1.58. The molecule has 1 rings (SSSR count). The summed E-state index contributed by atoms with van der Waals surface area (Å²) in [6.45, 7) is 11.9. The molecule has 0 aliphatic rings. The molecule has 0 aromatic carbocycles. The summed E-state index contributed by atoms with van der Waals surface area (Å²) in [5.41, 5.74) is 1.37. The zero-order valence-electron chi connectivity index (χ0n) is 11.2. The molecule has 1 N–H and O–H groups in total. The standard InChI is InChI=1S/C13H21Cl2NS/c1-12(2,3)16-7-6-13(4,5)9-8-10(14)17-11(9)15/h8,16H,6-7H2,1-5H3. The molecule has 1 aromatic heterocycles. The molecule has 1 heterocycles. The Bertz CT molecular complexity index is 377. The first-order valence-corrected chi connectivity index (χ1v) is 7.39. The third-order valence-corrected chi connectivity index (χ3v) is 4.28. The van der Waals surface area contributed by atoms with Crippen molar-refractivity contribution >= 4 is 34.5 Å². The molecule has 0 aliphatic heterocycles. The zero-order valence-corrected chi connectivity index (χ0v) is 13.5. The molecule has 0 fully saturated rings. The van der Waals surface area contributed by atoms with Crippen LogP contribution in [-0.4, -0.2) is 12.1 Å². The van der Waals surface area contributed by atoms with Crippen LogP contribution in [0.4, 0.5) is 0 Å². The Labute approximate surface area is 119 Å². The number of nitrogens with one attached hydrogen (secondary N) is 1. The monoisotopic (exact) mass is 293 g/mol. The van der Waals surface area contributed by atoms with E-state index in [4.69, 9.17) is 23.2 Å². The van der Waals surface area contributed by atoms with Crippen LogP contribution >= 0.6 is 34.5 Å². The second-order valence-corrected chi connectivity index (χ2v) is 8.33. The normalized spacial score (nSPS) is 13.1. The van der Waals surface area contributed by atoms with E-state index < -0.39 is 0 Å². The lowest BCUT2D eigenvalue weighted by Gasteiger charge is -2.28. The number of rotatable bonds is 4. The molecule has 4 heteroatoms. The topological polar surface area (TPSA) is 12.0 Å². The fourth-order valence-electron chi connectivity index (χ4n) is 1.69. The minimum absolute atomic E-state index is 0.0545. The van der Waals surface area contributed by atoms with E-state index in [0.29, 0.717) is 0 Å². The summed E-state index contributed by atoms with van der Waals surface area (Å²) in [5.74, 6) is 0. The lowest BCUT2D eigenvalue weighted by molar-refractivity contribution is 0.380. The van der Waals surface area contributed by atoms with Gasteiger partial charge in [-0.15, -0.1) is 11.3 Å². The summed E-state index contributed by atoms with van der Waals surface area (Å²) in [6.07, 6.45) is 1.04. The second-order valence-electron chi connectivity index (χ2n) is 6.05. The van der Waals surface area contributed by atoms with Gasteiger partial charge in [0.25, 0.3) is 0 Å². The van der Waals surface area contributed by atoms with E-state index in [0.717, 1.165) is 27.2 Å². The van der Waals surface area contributed by atoms with Gasteiger partial charge in [-0.3, -0.25) is 0 Å². The first kappa shape index (κ1) is 15.3. The number of hydrogen-bond donors (Lipinski definition) is 1. The minimum atomic E-state index is 0.0545. The quantitative estimate of drug-likeness (QED) is 0.813. The van der Waals surface area contributed by atoms with Crippen molar-refractivity contribution in [3.05, 3.63) is 20.3 Å². The highest BCUT2D eigenvalue weighted by molar-refractivity contribution is 7.20. The van der Waals surface area contributed by atoms with Crippen LogP contribution < -0.4 is 5.32 Å². The fourth-order valence-corrected chi connectivity index (χ4v) is 3.50. The van der Waals surface area contributed by atoms with Gasteiger partial charge in [0.05, 0.1) is 8.67 Å². The van der Waals surface area contributed by atoms with Crippen molar-refractivity contribution in [3.8, 4) is 0 Å². The first-order valence-electron chi connectivity index (χ1n) is 5.82. The SMILES string of the molecule is CC(C)(C)NCCC(C)(C)c1cc(Cl)sc1Cl. The molecule has 98 valence electrons. The highest BCUT2D eigenvalue weighted by atomic mass is 35.5. The molecule has 0 radical (unpaired) electrons.